The molecule has 23 heavy (non-hydrogen) atoms. The van der Waals surface area contributed by atoms with Crippen LogP contribution in [-0.4, -0.2) is 50.0 Å². The highest BCUT2D eigenvalue weighted by Crippen LogP contribution is 2.24. The van der Waals surface area contributed by atoms with E-state index in [0.29, 0.717) is 24.7 Å². The summed E-state index contributed by atoms with van der Waals surface area (Å²) in [7, 11) is -3.55. The fourth-order valence-corrected chi connectivity index (χ4v) is 4.43. The van der Waals surface area contributed by atoms with Crippen LogP contribution in [0.4, 0.5) is 0 Å². The fourth-order valence-electron chi connectivity index (χ4n) is 2.57. The Balaban J connectivity index is 0.00000264. The Morgan fingerprint density at radius 3 is 2.83 bits per heavy atom. The van der Waals surface area contributed by atoms with Crippen LogP contribution in [0, 0.1) is 5.92 Å². The third kappa shape index (κ3) is 5.61. The van der Waals surface area contributed by atoms with Gasteiger partial charge in [0.15, 0.2) is 0 Å². The largest absolute Gasteiger partial charge is 0.480 e. The van der Waals surface area contributed by atoms with Crippen molar-refractivity contribution in [3.05, 3.63) is 29.3 Å². The van der Waals surface area contributed by atoms with Gasteiger partial charge in [0.05, 0.1) is 11.4 Å². The first-order valence-electron chi connectivity index (χ1n) is 7.08. The van der Waals surface area contributed by atoms with Gasteiger partial charge in [0, 0.05) is 18.1 Å². The minimum Gasteiger partial charge on any atom is -0.480 e. The Hall–Kier alpha value is -0.860. The normalized spacial score (nSPS) is 19.1. The number of carboxylic acids is 1. The molecular weight excluding hydrogens is 363 g/mol. The standard InChI is InChI=1S/C14H19ClN2O4S.ClH/c15-12-4-1-5-13(7-12)22(20,21)17-6-2-3-11(10-17)8-16-9-14(18)19;/h1,4-5,7,11,16H,2-3,6,8-10H2,(H,18,19);1H. The molecule has 0 saturated carbocycles. The van der Waals surface area contributed by atoms with Gasteiger partial charge in [0.25, 0.3) is 0 Å². The third-order valence-corrected chi connectivity index (χ3v) is 5.72. The lowest BCUT2D eigenvalue weighted by atomic mass is 10.00. The van der Waals surface area contributed by atoms with Gasteiger partial charge in [-0.3, -0.25) is 4.79 Å². The lowest BCUT2D eigenvalue weighted by Gasteiger charge is -2.32. The van der Waals surface area contributed by atoms with Gasteiger partial charge in [-0.15, -0.1) is 12.4 Å². The number of halogens is 2. The number of carbonyl (C=O) groups is 1. The van der Waals surface area contributed by atoms with Crippen molar-refractivity contribution in [1.29, 1.82) is 0 Å². The summed E-state index contributed by atoms with van der Waals surface area (Å²) in [5.41, 5.74) is 0. The second-order valence-corrected chi connectivity index (χ2v) is 7.73. The molecule has 2 N–H and O–H groups in total. The maximum absolute atomic E-state index is 12.6. The van der Waals surface area contributed by atoms with Gasteiger partial charge in [-0.1, -0.05) is 17.7 Å². The molecule has 1 aliphatic rings. The van der Waals surface area contributed by atoms with Gasteiger partial charge in [-0.25, -0.2) is 8.42 Å². The Bertz CT molecular complexity index is 639. The number of hydrogen-bond acceptors (Lipinski definition) is 4. The zero-order valence-electron chi connectivity index (χ0n) is 12.4. The van der Waals surface area contributed by atoms with Crippen LogP contribution in [0.1, 0.15) is 12.8 Å². The van der Waals surface area contributed by atoms with Crippen LogP contribution < -0.4 is 5.32 Å². The molecule has 1 atom stereocenters. The molecule has 0 radical (unpaired) electrons. The van der Waals surface area contributed by atoms with Crippen molar-refractivity contribution in [2.75, 3.05) is 26.2 Å². The van der Waals surface area contributed by atoms with Crippen molar-refractivity contribution >= 4 is 40.0 Å². The van der Waals surface area contributed by atoms with E-state index < -0.39 is 16.0 Å². The molecule has 0 aliphatic carbocycles. The molecule has 6 nitrogen and oxygen atoms in total. The number of hydrogen-bond donors (Lipinski definition) is 2. The second-order valence-electron chi connectivity index (χ2n) is 5.35. The predicted molar refractivity (Wildman–Crippen MR) is 90.7 cm³/mol. The SMILES string of the molecule is Cl.O=C(O)CNCC1CCCN(S(=O)(=O)c2cccc(Cl)c2)C1. The number of nitrogens with zero attached hydrogens (tertiary/aromatic N) is 1. The highest BCUT2D eigenvalue weighted by Gasteiger charge is 2.30. The first kappa shape index (κ1) is 20.2. The number of nitrogens with one attached hydrogen (secondary N) is 1. The predicted octanol–water partition coefficient (Wildman–Crippen LogP) is 1.84. The van der Waals surface area contributed by atoms with Crippen molar-refractivity contribution in [2.45, 2.75) is 17.7 Å². The van der Waals surface area contributed by atoms with Crippen LogP contribution in [0.2, 0.25) is 5.02 Å². The van der Waals surface area contributed by atoms with Gasteiger partial charge in [-0.2, -0.15) is 4.31 Å². The highest BCUT2D eigenvalue weighted by atomic mass is 35.5. The molecular formula is C14H20Cl2N2O4S. The van der Waals surface area contributed by atoms with Gasteiger partial charge in [0.1, 0.15) is 0 Å². The molecule has 1 aliphatic heterocycles. The summed E-state index contributed by atoms with van der Waals surface area (Å²) in [5.74, 6) is -0.804. The molecule has 0 spiro atoms. The second kappa shape index (κ2) is 8.84. The van der Waals surface area contributed by atoms with Crippen LogP contribution in [-0.2, 0) is 14.8 Å². The lowest BCUT2D eigenvalue weighted by Crippen LogP contribution is -2.43. The smallest absolute Gasteiger partial charge is 0.317 e. The Labute approximate surface area is 147 Å². The van der Waals surface area contributed by atoms with Crippen molar-refractivity contribution in [3.63, 3.8) is 0 Å². The summed E-state index contributed by atoms with van der Waals surface area (Å²) in [6.45, 7) is 1.25. The number of sulfonamides is 1. The van der Waals surface area contributed by atoms with Crippen LogP contribution in [0.15, 0.2) is 29.2 Å². The van der Waals surface area contributed by atoms with Crippen molar-refractivity contribution in [2.24, 2.45) is 5.92 Å². The maximum Gasteiger partial charge on any atom is 0.317 e. The van der Waals surface area contributed by atoms with E-state index in [0.717, 1.165) is 12.8 Å². The zero-order chi connectivity index (χ0) is 16.2. The minimum absolute atomic E-state index is 0. The van der Waals surface area contributed by atoms with E-state index in [1.54, 1.807) is 12.1 Å². The monoisotopic (exact) mass is 382 g/mol. The maximum atomic E-state index is 12.6. The number of rotatable bonds is 6. The van der Waals surface area contributed by atoms with E-state index in [1.165, 1.54) is 16.4 Å². The molecule has 1 unspecified atom stereocenters. The van der Waals surface area contributed by atoms with E-state index in [4.69, 9.17) is 16.7 Å². The molecule has 1 saturated heterocycles. The molecule has 1 aromatic rings. The molecule has 9 heteroatoms. The summed E-state index contributed by atoms with van der Waals surface area (Å²) in [6, 6.07) is 6.23. The lowest BCUT2D eigenvalue weighted by molar-refractivity contribution is -0.136. The molecule has 0 aromatic heterocycles. The Morgan fingerprint density at radius 2 is 2.17 bits per heavy atom. The fraction of sp³-hybridized carbons (Fsp3) is 0.500. The quantitative estimate of drug-likeness (QED) is 0.783. The number of carboxylic acid groups (broad SMARTS) is 1. The molecule has 130 valence electrons. The van der Waals surface area contributed by atoms with E-state index in [9.17, 15) is 13.2 Å². The minimum atomic E-state index is -3.55. The van der Waals surface area contributed by atoms with Crippen LogP contribution >= 0.6 is 24.0 Å². The van der Waals surface area contributed by atoms with Crippen LogP contribution in [0.3, 0.4) is 0 Å². The molecule has 2 rings (SSSR count). The van der Waals surface area contributed by atoms with Gasteiger partial charge >= 0.3 is 5.97 Å². The van der Waals surface area contributed by atoms with E-state index in [-0.39, 0.29) is 29.8 Å². The van der Waals surface area contributed by atoms with E-state index in [2.05, 4.69) is 5.32 Å². The summed E-state index contributed by atoms with van der Waals surface area (Å²) in [5, 5.41) is 11.8. The van der Waals surface area contributed by atoms with Crippen molar-refractivity contribution in [1.82, 2.24) is 9.62 Å². The Kier molecular flexibility index (Phi) is 7.76. The van der Waals surface area contributed by atoms with Gasteiger partial charge < -0.3 is 10.4 Å². The van der Waals surface area contributed by atoms with Crippen LogP contribution in [0.25, 0.3) is 0 Å². The van der Waals surface area contributed by atoms with Gasteiger partial charge in [0.2, 0.25) is 10.0 Å². The molecule has 1 heterocycles. The topological polar surface area (TPSA) is 86.7 Å². The molecule has 1 fully saturated rings. The number of aliphatic carboxylic acids is 1. The Morgan fingerprint density at radius 1 is 1.43 bits per heavy atom. The van der Waals surface area contributed by atoms with Crippen molar-refractivity contribution < 1.29 is 18.3 Å². The summed E-state index contributed by atoms with van der Waals surface area (Å²) < 4.78 is 26.7. The summed E-state index contributed by atoms with van der Waals surface area (Å²) >= 11 is 5.87. The zero-order valence-corrected chi connectivity index (χ0v) is 14.8. The number of piperidine rings is 1. The molecule has 0 bridgehead atoms. The van der Waals surface area contributed by atoms with E-state index >= 15 is 0 Å². The summed E-state index contributed by atoms with van der Waals surface area (Å²) in [4.78, 5) is 10.7. The van der Waals surface area contributed by atoms with Crippen LogP contribution in [0.5, 0.6) is 0 Å². The number of benzene rings is 1. The molecule has 0 amide bonds. The average Bonchev–Trinajstić information content (AvgIpc) is 2.47. The van der Waals surface area contributed by atoms with Gasteiger partial charge in [-0.05, 0) is 43.5 Å². The summed E-state index contributed by atoms with van der Waals surface area (Å²) in [6.07, 6.45) is 1.65. The highest BCUT2D eigenvalue weighted by molar-refractivity contribution is 7.89. The third-order valence-electron chi connectivity index (χ3n) is 3.62. The first-order valence-corrected chi connectivity index (χ1v) is 8.89. The molecule has 1 aromatic carbocycles. The van der Waals surface area contributed by atoms with Crippen molar-refractivity contribution in [3.8, 4) is 0 Å². The first-order chi connectivity index (χ1) is 10.4. The average molecular weight is 383 g/mol. The van der Waals surface area contributed by atoms with E-state index in [1.807, 2.05) is 0 Å².